The van der Waals surface area contributed by atoms with Gasteiger partial charge in [-0.3, -0.25) is 14.4 Å². The molecule has 2 unspecified atom stereocenters. The van der Waals surface area contributed by atoms with Crippen molar-refractivity contribution in [3.63, 3.8) is 0 Å². The molecule has 1 aromatic carbocycles. The molecule has 162 valence electrons. The van der Waals surface area contributed by atoms with E-state index in [0.29, 0.717) is 19.2 Å². The Kier molecular flexibility index (Phi) is 5.63. The third kappa shape index (κ3) is 4.25. The number of fused-ring (bicyclic) bond motifs is 1. The minimum atomic E-state index is -0.751. The Balaban J connectivity index is 1.54. The highest BCUT2D eigenvalue weighted by atomic mass is 19.1. The molecule has 2 fully saturated rings. The summed E-state index contributed by atoms with van der Waals surface area (Å²) in [6.07, 6.45) is 3.89. The molecule has 2 saturated heterocycles. The summed E-state index contributed by atoms with van der Waals surface area (Å²) in [6, 6.07) is 3.78. The maximum Gasteiger partial charge on any atom is 0.255 e. The summed E-state index contributed by atoms with van der Waals surface area (Å²) in [5.74, 6) is -1.78. The second-order valence-electron chi connectivity index (χ2n) is 9.09. The number of morpholine rings is 1. The second kappa shape index (κ2) is 8.07. The zero-order chi connectivity index (χ0) is 21.5. The van der Waals surface area contributed by atoms with Crippen molar-refractivity contribution in [2.75, 3.05) is 26.2 Å². The van der Waals surface area contributed by atoms with E-state index in [1.54, 1.807) is 10.9 Å². The van der Waals surface area contributed by atoms with E-state index in [9.17, 15) is 13.6 Å². The summed E-state index contributed by atoms with van der Waals surface area (Å²) in [4.78, 5) is 15.4. The number of nitrogens with zero attached hydrogens (tertiary/aromatic N) is 3. The largest absolute Gasteiger partial charge is 0.373 e. The lowest BCUT2D eigenvalue weighted by atomic mass is 10.1. The first-order valence-corrected chi connectivity index (χ1v) is 10.4. The Bertz CT molecular complexity index is 938. The number of halogens is 2. The first-order chi connectivity index (χ1) is 14.2. The Morgan fingerprint density at radius 2 is 2.13 bits per heavy atom. The van der Waals surface area contributed by atoms with E-state index in [1.165, 1.54) is 18.6 Å². The molecule has 30 heavy (non-hydrogen) atoms. The van der Waals surface area contributed by atoms with E-state index in [4.69, 9.17) is 4.74 Å². The Morgan fingerprint density at radius 1 is 1.33 bits per heavy atom. The zero-order valence-electron chi connectivity index (χ0n) is 17.6. The Morgan fingerprint density at radius 3 is 2.87 bits per heavy atom. The van der Waals surface area contributed by atoms with Crippen molar-refractivity contribution in [1.29, 1.82) is 0 Å². The number of nitrogens with one attached hydrogen (secondary N) is 1. The van der Waals surface area contributed by atoms with Gasteiger partial charge in [0.15, 0.2) is 0 Å². The van der Waals surface area contributed by atoms with E-state index in [2.05, 4.69) is 15.3 Å². The average molecular weight is 418 g/mol. The van der Waals surface area contributed by atoms with Crippen LogP contribution in [0, 0.1) is 11.6 Å². The third-order valence-electron chi connectivity index (χ3n) is 5.78. The fourth-order valence-corrected chi connectivity index (χ4v) is 4.08. The number of hydrogen-bond donors (Lipinski definition) is 1. The fourth-order valence-electron chi connectivity index (χ4n) is 4.08. The molecular formula is C22H28F2N4O2. The van der Waals surface area contributed by atoms with E-state index in [0.717, 1.165) is 25.6 Å². The molecule has 0 spiro atoms. The molecular weight excluding hydrogens is 390 g/mol. The van der Waals surface area contributed by atoms with Crippen LogP contribution in [-0.2, 0) is 10.3 Å². The molecule has 3 heterocycles. The molecule has 0 saturated carbocycles. The SMILES string of the molecule is CC(C)(C)n1cc(C(=O)NCC2CN3CCCC3CO2)c(-c2ccc(F)cc2F)n1. The Hall–Kier alpha value is -2.32. The minimum absolute atomic E-state index is 0.0769. The maximum absolute atomic E-state index is 14.4. The van der Waals surface area contributed by atoms with Crippen molar-refractivity contribution < 1.29 is 18.3 Å². The van der Waals surface area contributed by atoms with Gasteiger partial charge in [-0.1, -0.05) is 0 Å². The minimum Gasteiger partial charge on any atom is -0.373 e. The van der Waals surface area contributed by atoms with Gasteiger partial charge >= 0.3 is 0 Å². The number of benzene rings is 1. The predicted octanol–water partition coefficient (Wildman–Crippen LogP) is 3.18. The lowest BCUT2D eigenvalue weighted by Gasteiger charge is -2.35. The van der Waals surface area contributed by atoms with Gasteiger partial charge in [0.25, 0.3) is 5.91 Å². The molecule has 2 atom stereocenters. The van der Waals surface area contributed by atoms with Gasteiger partial charge in [-0.05, 0) is 52.3 Å². The predicted molar refractivity (Wildman–Crippen MR) is 109 cm³/mol. The van der Waals surface area contributed by atoms with Crippen molar-refractivity contribution in [2.24, 2.45) is 0 Å². The van der Waals surface area contributed by atoms with Crippen LogP contribution in [0.3, 0.4) is 0 Å². The fraction of sp³-hybridized carbons (Fsp3) is 0.545. The molecule has 1 amide bonds. The summed E-state index contributed by atoms with van der Waals surface area (Å²) >= 11 is 0. The smallest absolute Gasteiger partial charge is 0.255 e. The monoisotopic (exact) mass is 418 g/mol. The average Bonchev–Trinajstić information content (AvgIpc) is 3.32. The molecule has 0 bridgehead atoms. The van der Waals surface area contributed by atoms with Crippen molar-refractivity contribution >= 4 is 5.91 Å². The third-order valence-corrected chi connectivity index (χ3v) is 5.78. The van der Waals surface area contributed by atoms with Crippen molar-refractivity contribution in [1.82, 2.24) is 20.0 Å². The number of amides is 1. The quantitative estimate of drug-likeness (QED) is 0.829. The highest BCUT2D eigenvalue weighted by molar-refractivity contribution is 5.99. The number of rotatable bonds is 4. The van der Waals surface area contributed by atoms with E-state index >= 15 is 0 Å². The molecule has 4 rings (SSSR count). The molecule has 0 radical (unpaired) electrons. The van der Waals surface area contributed by atoms with Crippen LogP contribution in [0.2, 0.25) is 0 Å². The highest BCUT2D eigenvalue weighted by Crippen LogP contribution is 2.28. The van der Waals surface area contributed by atoms with E-state index in [-0.39, 0.29) is 28.8 Å². The van der Waals surface area contributed by atoms with Gasteiger partial charge < -0.3 is 10.1 Å². The van der Waals surface area contributed by atoms with Crippen LogP contribution in [0.15, 0.2) is 24.4 Å². The summed E-state index contributed by atoms with van der Waals surface area (Å²) in [7, 11) is 0. The molecule has 1 N–H and O–H groups in total. The number of carbonyl (C=O) groups is 1. The van der Waals surface area contributed by atoms with Crippen LogP contribution in [0.4, 0.5) is 8.78 Å². The van der Waals surface area contributed by atoms with E-state index in [1.807, 2.05) is 20.8 Å². The summed E-state index contributed by atoms with van der Waals surface area (Å²) in [6.45, 7) is 8.75. The molecule has 8 heteroatoms. The Labute approximate surface area is 175 Å². The van der Waals surface area contributed by atoms with Crippen LogP contribution in [0.25, 0.3) is 11.3 Å². The van der Waals surface area contributed by atoms with Gasteiger partial charge in [0.2, 0.25) is 0 Å². The molecule has 0 aliphatic carbocycles. The molecule has 1 aromatic heterocycles. The van der Waals surface area contributed by atoms with Gasteiger partial charge in [-0.15, -0.1) is 0 Å². The number of carbonyl (C=O) groups excluding carboxylic acids is 1. The maximum atomic E-state index is 14.4. The van der Waals surface area contributed by atoms with Crippen LogP contribution in [-0.4, -0.2) is 59.0 Å². The molecule has 6 nitrogen and oxygen atoms in total. The van der Waals surface area contributed by atoms with Crippen LogP contribution < -0.4 is 5.32 Å². The number of aromatic nitrogens is 2. The summed E-state index contributed by atoms with van der Waals surface area (Å²) in [5.41, 5.74) is 0.147. The van der Waals surface area contributed by atoms with Gasteiger partial charge in [0, 0.05) is 37.0 Å². The van der Waals surface area contributed by atoms with Gasteiger partial charge in [-0.2, -0.15) is 5.10 Å². The number of hydrogen-bond acceptors (Lipinski definition) is 4. The van der Waals surface area contributed by atoms with Crippen molar-refractivity contribution in [2.45, 2.75) is 51.3 Å². The van der Waals surface area contributed by atoms with Crippen molar-refractivity contribution in [3.8, 4) is 11.3 Å². The standard InChI is InChI=1S/C22H28F2N4O2/c1-22(2,3)28-12-18(20(26-28)17-7-6-14(23)9-19(17)24)21(29)25-10-16-11-27-8-4-5-15(27)13-30-16/h6-7,9,12,15-16H,4-5,8,10-11,13H2,1-3H3,(H,25,29). The first-order valence-electron chi connectivity index (χ1n) is 10.4. The van der Waals surface area contributed by atoms with E-state index < -0.39 is 17.2 Å². The normalized spacial score (nSPS) is 22.2. The van der Waals surface area contributed by atoms with Crippen LogP contribution in [0.5, 0.6) is 0 Å². The van der Waals surface area contributed by atoms with Gasteiger partial charge in [-0.25, -0.2) is 8.78 Å². The molecule has 2 aliphatic heterocycles. The van der Waals surface area contributed by atoms with Gasteiger partial charge in [0.05, 0.1) is 23.8 Å². The highest BCUT2D eigenvalue weighted by Gasteiger charge is 2.32. The van der Waals surface area contributed by atoms with Gasteiger partial charge in [0.1, 0.15) is 17.3 Å². The topological polar surface area (TPSA) is 59.4 Å². The lowest BCUT2D eigenvalue weighted by molar-refractivity contribution is -0.0461. The van der Waals surface area contributed by atoms with Crippen LogP contribution in [0.1, 0.15) is 44.0 Å². The zero-order valence-corrected chi connectivity index (χ0v) is 17.6. The summed E-state index contributed by atoms with van der Waals surface area (Å²) < 4.78 is 35.4. The van der Waals surface area contributed by atoms with Crippen molar-refractivity contribution in [3.05, 3.63) is 41.6 Å². The molecule has 2 aliphatic rings. The molecule has 2 aromatic rings. The first kappa shape index (κ1) is 20.9. The van der Waals surface area contributed by atoms with Crippen LogP contribution >= 0.6 is 0 Å². The summed E-state index contributed by atoms with van der Waals surface area (Å²) in [5, 5.41) is 7.37. The number of ether oxygens (including phenoxy) is 1. The second-order valence-corrected chi connectivity index (χ2v) is 9.09. The lowest BCUT2D eigenvalue weighted by Crippen LogP contribution is -2.50.